The van der Waals surface area contributed by atoms with Crippen LogP contribution in [0.25, 0.3) is 0 Å². The Bertz CT molecular complexity index is 977. The summed E-state index contributed by atoms with van der Waals surface area (Å²) in [4.78, 5) is 24.5. The summed E-state index contributed by atoms with van der Waals surface area (Å²) < 4.78 is 5.45. The van der Waals surface area contributed by atoms with E-state index >= 15 is 0 Å². The third-order valence-corrected chi connectivity index (χ3v) is 11.9. The molecule has 0 saturated heterocycles. The summed E-state index contributed by atoms with van der Waals surface area (Å²) in [6, 6.07) is -0.640. The highest BCUT2D eigenvalue weighted by atomic mass is 16.5. The summed E-state index contributed by atoms with van der Waals surface area (Å²) in [5, 5.41) is 23.1. The topological polar surface area (TPSA) is 95.9 Å². The van der Waals surface area contributed by atoms with E-state index in [1.807, 2.05) is 6.08 Å². The molecule has 0 aliphatic carbocycles. The fourth-order valence-electron chi connectivity index (χ4n) is 7.84. The molecule has 0 aromatic carbocycles. The Labute approximate surface area is 373 Å². The molecule has 2 atom stereocenters. The molecule has 0 saturated carbocycles. The summed E-state index contributed by atoms with van der Waals surface area (Å²) in [6.45, 7) is 4.83. The quantitative estimate of drug-likeness (QED) is 0.0322. The lowest BCUT2D eigenvalue weighted by Gasteiger charge is -2.20. The number of carbonyl (C=O) groups excluding carboxylic acids is 2. The van der Waals surface area contributed by atoms with Gasteiger partial charge in [-0.25, -0.2) is 0 Å². The van der Waals surface area contributed by atoms with Gasteiger partial charge in [-0.05, 0) is 64.2 Å². The average molecular weight is 844 g/mol. The normalized spacial score (nSPS) is 12.9. The van der Waals surface area contributed by atoms with Gasteiger partial charge in [-0.15, -0.1) is 0 Å². The van der Waals surface area contributed by atoms with Crippen LogP contribution in [0.15, 0.2) is 36.5 Å². The highest BCUT2D eigenvalue weighted by molar-refractivity contribution is 5.76. The smallest absolute Gasteiger partial charge is 0.305 e. The van der Waals surface area contributed by atoms with E-state index in [1.54, 1.807) is 6.08 Å². The molecule has 0 aliphatic rings. The van der Waals surface area contributed by atoms with Crippen molar-refractivity contribution in [1.29, 1.82) is 0 Å². The number of amides is 1. The molecular weight excluding hydrogens is 743 g/mol. The minimum Gasteiger partial charge on any atom is -0.466 e. The Morgan fingerprint density at radius 2 is 0.833 bits per heavy atom. The van der Waals surface area contributed by atoms with Crippen LogP contribution in [0, 0.1) is 0 Å². The molecule has 60 heavy (non-hydrogen) atoms. The summed E-state index contributed by atoms with van der Waals surface area (Å²) in [7, 11) is 0. The van der Waals surface area contributed by atoms with Crippen molar-refractivity contribution < 1.29 is 24.5 Å². The van der Waals surface area contributed by atoms with Crippen LogP contribution in [0.4, 0.5) is 0 Å². The van der Waals surface area contributed by atoms with E-state index in [1.165, 1.54) is 173 Å². The van der Waals surface area contributed by atoms with Crippen molar-refractivity contribution in [3.63, 3.8) is 0 Å². The van der Waals surface area contributed by atoms with Gasteiger partial charge in [-0.1, -0.05) is 230 Å². The van der Waals surface area contributed by atoms with E-state index < -0.39 is 12.1 Å². The van der Waals surface area contributed by atoms with Crippen molar-refractivity contribution in [3.05, 3.63) is 36.5 Å². The fourth-order valence-corrected chi connectivity index (χ4v) is 7.84. The lowest BCUT2D eigenvalue weighted by molar-refractivity contribution is -0.143. The van der Waals surface area contributed by atoms with Gasteiger partial charge < -0.3 is 20.3 Å². The minimum absolute atomic E-state index is 0.0252. The van der Waals surface area contributed by atoms with Crippen LogP contribution in [0.5, 0.6) is 0 Å². The van der Waals surface area contributed by atoms with Crippen LogP contribution in [-0.2, 0) is 14.3 Å². The van der Waals surface area contributed by atoms with E-state index in [4.69, 9.17) is 4.74 Å². The van der Waals surface area contributed by atoms with Crippen LogP contribution < -0.4 is 5.32 Å². The third-order valence-electron chi connectivity index (χ3n) is 11.9. The van der Waals surface area contributed by atoms with Gasteiger partial charge in [0.15, 0.2) is 0 Å². The van der Waals surface area contributed by atoms with Gasteiger partial charge in [0.2, 0.25) is 5.91 Å². The van der Waals surface area contributed by atoms with Gasteiger partial charge in [0.05, 0.1) is 25.4 Å². The Hall–Kier alpha value is -1.92. The van der Waals surface area contributed by atoms with Crippen molar-refractivity contribution in [3.8, 4) is 0 Å². The van der Waals surface area contributed by atoms with E-state index in [-0.39, 0.29) is 18.5 Å². The van der Waals surface area contributed by atoms with Gasteiger partial charge in [0, 0.05) is 12.8 Å². The second-order valence-corrected chi connectivity index (χ2v) is 17.9. The highest BCUT2D eigenvalue weighted by Gasteiger charge is 2.18. The molecule has 2 unspecified atom stereocenters. The summed E-state index contributed by atoms with van der Waals surface area (Å²) >= 11 is 0. The maximum Gasteiger partial charge on any atom is 0.305 e. The van der Waals surface area contributed by atoms with Crippen molar-refractivity contribution in [2.24, 2.45) is 0 Å². The van der Waals surface area contributed by atoms with Gasteiger partial charge in [0.1, 0.15) is 0 Å². The molecule has 0 fully saturated rings. The predicted molar refractivity (Wildman–Crippen MR) is 259 cm³/mol. The molecule has 0 bridgehead atoms. The molecule has 0 radical (unpaired) electrons. The van der Waals surface area contributed by atoms with Crippen LogP contribution in [0.2, 0.25) is 0 Å². The number of allylic oxidation sites excluding steroid dienone is 5. The molecule has 0 aromatic rings. The second-order valence-electron chi connectivity index (χ2n) is 17.9. The molecule has 352 valence electrons. The number of aliphatic hydroxyl groups is 2. The Balaban J connectivity index is 3.51. The van der Waals surface area contributed by atoms with Crippen LogP contribution >= 0.6 is 0 Å². The molecular formula is C54H101NO5. The Morgan fingerprint density at radius 3 is 1.30 bits per heavy atom. The molecule has 0 aliphatic heterocycles. The molecule has 3 N–H and O–H groups in total. The maximum atomic E-state index is 12.4. The largest absolute Gasteiger partial charge is 0.466 e. The van der Waals surface area contributed by atoms with Gasteiger partial charge >= 0.3 is 5.97 Å². The molecule has 1 amide bonds. The van der Waals surface area contributed by atoms with Crippen LogP contribution in [0.1, 0.15) is 271 Å². The number of ether oxygens (including phenoxy) is 1. The number of hydrogen-bond acceptors (Lipinski definition) is 5. The summed E-state index contributed by atoms with van der Waals surface area (Å²) in [5.41, 5.74) is 0. The van der Waals surface area contributed by atoms with Gasteiger partial charge in [0.25, 0.3) is 0 Å². The minimum atomic E-state index is -0.855. The van der Waals surface area contributed by atoms with Crippen molar-refractivity contribution in [2.75, 3.05) is 13.2 Å². The monoisotopic (exact) mass is 844 g/mol. The summed E-state index contributed by atoms with van der Waals surface area (Å²) in [6.07, 6.45) is 59.9. The zero-order chi connectivity index (χ0) is 43.7. The predicted octanol–water partition coefficient (Wildman–Crippen LogP) is 15.7. The van der Waals surface area contributed by atoms with Crippen LogP contribution in [-0.4, -0.2) is 47.4 Å². The number of unbranched alkanes of at least 4 members (excludes halogenated alkanes) is 33. The zero-order valence-electron chi connectivity index (χ0n) is 39.9. The number of rotatable bonds is 48. The Kier molecular flexibility index (Phi) is 48.1. The number of carbonyl (C=O) groups is 2. The second kappa shape index (κ2) is 49.7. The Morgan fingerprint density at radius 1 is 0.467 bits per heavy atom. The van der Waals surface area contributed by atoms with E-state index in [0.717, 1.165) is 70.6 Å². The molecule has 6 nitrogen and oxygen atoms in total. The van der Waals surface area contributed by atoms with Gasteiger partial charge in [-0.3, -0.25) is 9.59 Å². The molecule has 0 spiro atoms. The fraction of sp³-hybridized carbons (Fsp3) is 0.852. The highest BCUT2D eigenvalue weighted by Crippen LogP contribution is 2.16. The van der Waals surface area contributed by atoms with E-state index in [2.05, 4.69) is 43.5 Å². The first-order valence-electron chi connectivity index (χ1n) is 26.3. The summed E-state index contributed by atoms with van der Waals surface area (Å²) in [5.74, 6) is -0.109. The number of nitrogens with one attached hydrogen (secondary N) is 1. The zero-order valence-corrected chi connectivity index (χ0v) is 39.9. The number of hydrogen-bond donors (Lipinski definition) is 3. The van der Waals surface area contributed by atoms with Gasteiger partial charge in [-0.2, -0.15) is 0 Å². The molecule has 0 aromatic heterocycles. The number of esters is 1. The lowest BCUT2D eigenvalue weighted by atomic mass is 10.0. The first kappa shape index (κ1) is 58.1. The van der Waals surface area contributed by atoms with E-state index in [0.29, 0.717) is 19.4 Å². The first-order valence-corrected chi connectivity index (χ1v) is 26.3. The van der Waals surface area contributed by atoms with Crippen molar-refractivity contribution in [1.82, 2.24) is 5.32 Å². The molecule has 0 heterocycles. The standard InChI is InChI=1S/C54H101NO5/c1-3-5-7-9-11-13-15-17-19-21-22-26-30-34-38-42-46-52(57)51(50-56)55-53(58)47-43-39-35-31-27-24-25-29-33-37-41-45-49-60-54(59)48-44-40-36-32-28-23-20-18-16-14-12-10-8-6-4-2/h12,14,18,20,42,46,51-52,56-57H,3-11,13,15-17,19,21-41,43-45,47-50H2,1-2H3,(H,55,58)/b14-12-,20-18-,46-42+. The van der Waals surface area contributed by atoms with E-state index in [9.17, 15) is 19.8 Å². The number of aliphatic hydroxyl groups excluding tert-OH is 2. The SMILES string of the molecule is CCCCC/C=C\C/C=C\CCCCCCCC(=O)OCCCCCCCCCCCCCCC(=O)NC(CO)C(O)/C=C/CCCCCCCCCCCCCCCC. The van der Waals surface area contributed by atoms with Crippen molar-refractivity contribution in [2.45, 2.75) is 283 Å². The lowest BCUT2D eigenvalue weighted by Crippen LogP contribution is -2.45. The van der Waals surface area contributed by atoms with Crippen molar-refractivity contribution >= 4 is 11.9 Å². The third kappa shape index (κ3) is 45.6. The first-order chi connectivity index (χ1) is 29.5. The average Bonchev–Trinajstić information content (AvgIpc) is 3.25. The van der Waals surface area contributed by atoms with Crippen LogP contribution in [0.3, 0.4) is 0 Å². The maximum absolute atomic E-state index is 12.4. The molecule has 0 rings (SSSR count). The molecule has 6 heteroatoms.